The van der Waals surface area contributed by atoms with E-state index in [0.29, 0.717) is 10.5 Å². The molecule has 5 rings (SSSR count). The molecule has 1 aromatic heterocycles. The first kappa shape index (κ1) is 24.1. The van der Waals surface area contributed by atoms with Gasteiger partial charge in [0.2, 0.25) is 11.8 Å². The predicted octanol–water partition coefficient (Wildman–Crippen LogP) is 3.72. The second-order valence-corrected chi connectivity index (χ2v) is 9.11. The van der Waals surface area contributed by atoms with Crippen LogP contribution in [0.2, 0.25) is 0 Å². The molecule has 1 atom stereocenters. The van der Waals surface area contributed by atoms with Gasteiger partial charge in [-0.2, -0.15) is 0 Å². The van der Waals surface area contributed by atoms with Crippen LogP contribution in [-0.4, -0.2) is 51.3 Å². The highest BCUT2D eigenvalue weighted by molar-refractivity contribution is 6.19. The summed E-state index contributed by atoms with van der Waals surface area (Å²) in [5.41, 5.74) is -0.696. The molecule has 9 heteroatoms. The lowest BCUT2D eigenvalue weighted by atomic mass is 9.88. The van der Waals surface area contributed by atoms with E-state index < -0.39 is 47.1 Å². The number of hydrogen-bond acceptors (Lipinski definition) is 4. The number of carbonyl (C=O) groups is 3. The number of halogens is 2. The van der Waals surface area contributed by atoms with Gasteiger partial charge in [-0.25, -0.2) is 18.5 Å². The third kappa shape index (κ3) is 4.42. The number of hydrogen-bond donors (Lipinski definition) is 0. The number of rotatable bonds is 3. The Bertz CT molecular complexity index is 1430. The highest BCUT2D eigenvalue weighted by Crippen LogP contribution is 2.37. The zero-order chi connectivity index (χ0) is 26.2. The number of aromatic nitrogens is 1. The van der Waals surface area contributed by atoms with Crippen molar-refractivity contribution >= 4 is 23.5 Å². The maximum atomic E-state index is 15.1. The van der Waals surface area contributed by atoms with Crippen LogP contribution in [0.25, 0.3) is 0 Å². The Balaban J connectivity index is 1.41. The maximum Gasteiger partial charge on any atom is 0.332 e. The molecule has 0 aliphatic carbocycles. The monoisotopic (exact) mass is 500 g/mol. The SMILES string of the molecule is CC12CC(=O)N(c3c(F)cc(C#Cc4ccccc4)cc3F)C(=O)N1CCN(Cc1cccnc1)C2=O. The standard InChI is InChI=1S/C28H22F2N4O3/c1-28-16-24(35)34(25-22(29)14-20(15-23(25)30)10-9-19-6-3-2-4-7-19)27(37)33(28)13-12-32(26(28)36)18-21-8-5-11-31-17-21/h2-8,11,14-15,17H,12-13,16,18H2,1H3. The van der Waals surface area contributed by atoms with Crippen LogP contribution >= 0.6 is 0 Å². The fraction of sp³-hybridized carbons (Fsp3) is 0.214. The van der Waals surface area contributed by atoms with E-state index in [1.807, 2.05) is 12.1 Å². The van der Waals surface area contributed by atoms with Crippen LogP contribution in [0.1, 0.15) is 30.0 Å². The molecule has 186 valence electrons. The van der Waals surface area contributed by atoms with Gasteiger partial charge in [-0.1, -0.05) is 36.1 Å². The van der Waals surface area contributed by atoms with Crippen molar-refractivity contribution in [3.8, 4) is 11.8 Å². The first-order chi connectivity index (χ1) is 17.8. The van der Waals surface area contributed by atoms with E-state index in [4.69, 9.17) is 0 Å². The molecule has 1 unspecified atom stereocenters. The molecular weight excluding hydrogens is 478 g/mol. The lowest BCUT2D eigenvalue weighted by Gasteiger charge is -2.51. The highest BCUT2D eigenvalue weighted by Gasteiger charge is 2.55. The number of amides is 4. The van der Waals surface area contributed by atoms with Crippen LogP contribution < -0.4 is 4.90 Å². The molecule has 0 radical (unpaired) electrons. The number of benzene rings is 2. The number of imide groups is 1. The van der Waals surface area contributed by atoms with E-state index >= 15 is 8.78 Å². The van der Waals surface area contributed by atoms with Crippen LogP contribution in [-0.2, 0) is 16.1 Å². The second kappa shape index (κ2) is 9.47. The van der Waals surface area contributed by atoms with Crippen LogP contribution in [0.3, 0.4) is 0 Å². The van der Waals surface area contributed by atoms with Crippen molar-refractivity contribution < 1.29 is 23.2 Å². The first-order valence-electron chi connectivity index (χ1n) is 11.7. The summed E-state index contributed by atoms with van der Waals surface area (Å²) in [6.45, 7) is 2.09. The summed E-state index contributed by atoms with van der Waals surface area (Å²) in [5.74, 6) is 2.06. The fourth-order valence-corrected chi connectivity index (χ4v) is 4.70. The van der Waals surface area contributed by atoms with E-state index in [1.165, 1.54) is 11.8 Å². The predicted molar refractivity (Wildman–Crippen MR) is 131 cm³/mol. The van der Waals surface area contributed by atoms with Crippen LogP contribution in [0.4, 0.5) is 19.3 Å². The number of carbonyl (C=O) groups excluding carboxylic acids is 3. The van der Waals surface area contributed by atoms with Gasteiger partial charge in [-0.3, -0.25) is 14.6 Å². The Hall–Kier alpha value is -4.58. The topological polar surface area (TPSA) is 73.8 Å². The van der Waals surface area contributed by atoms with Gasteiger partial charge >= 0.3 is 6.03 Å². The molecule has 3 aromatic rings. The van der Waals surface area contributed by atoms with E-state index in [0.717, 1.165) is 17.7 Å². The molecule has 0 saturated carbocycles. The van der Waals surface area contributed by atoms with Gasteiger partial charge in [0.1, 0.15) is 11.2 Å². The molecule has 2 fully saturated rings. The summed E-state index contributed by atoms with van der Waals surface area (Å²) in [4.78, 5) is 47.2. The summed E-state index contributed by atoms with van der Waals surface area (Å²) in [5, 5.41) is 0. The van der Waals surface area contributed by atoms with Crippen molar-refractivity contribution in [2.75, 3.05) is 18.0 Å². The quantitative estimate of drug-likeness (QED) is 0.514. The number of fused-ring (bicyclic) bond motifs is 1. The lowest BCUT2D eigenvalue weighted by molar-refractivity contribution is -0.152. The zero-order valence-corrected chi connectivity index (χ0v) is 19.9. The molecule has 2 aliphatic rings. The summed E-state index contributed by atoms with van der Waals surface area (Å²) in [6, 6.07) is 13.5. The summed E-state index contributed by atoms with van der Waals surface area (Å²) >= 11 is 0. The molecule has 2 saturated heterocycles. The van der Waals surface area contributed by atoms with Crippen LogP contribution in [0, 0.1) is 23.5 Å². The molecular formula is C28H22F2N4O3. The van der Waals surface area contributed by atoms with Gasteiger partial charge < -0.3 is 9.80 Å². The Morgan fingerprint density at radius 3 is 2.32 bits per heavy atom. The molecule has 2 aromatic carbocycles. The maximum absolute atomic E-state index is 15.1. The van der Waals surface area contributed by atoms with Crippen molar-refractivity contribution in [3.63, 3.8) is 0 Å². The molecule has 2 aliphatic heterocycles. The van der Waals surface area contributed by atoms with Crippen molar-refractivity contribution in [2.45, 2.75) is 25.4 Å². The van der Waals surface area contributed by atoms with E-state index in [9.17, 15) is 14.4 Å². The molecule has 7 nitrogen and oxygen atoms in total. The largest absolute Gasteiger partial charge is 0.334 e. The minimum Gasteiger partial charge on any atom is -0.334 e. The Labute approximate surface area is 212 Å². The Morgan fingerprint density at radius 1 is 0.946 bits per heavy atom. The highest BCUT2D eigenvalue weighted by atomic mass is 19.1. The Morgan fingerprint density at radius 2 is 1.65 bits per heavy atom. The first-order valence-corrected chi connectivity index (χ1v) is 11.7. The molecule has 37 heavy (non-hydrogen) atoms. The summed E-state index contributed by atoms with van der Waals surface area (Å²) in [7, 11) is 0. The lowest BCUT2D eigenvalue weighted by Crippen LogP contribution is -2.72. The van der Waals surface area contributed by atoms with E-state index in [2.05, 4.69) is 16.8 Å². The number of piperazine rings is 1. The summed E-state index contributed by atoms with van der Waals surface area (Å²) in [6.07, 6.45) is 2.86. The second-order valence-electron chi connectivity index (χ2n) is 9.11. The minimum absolute atomic E-state index is 0.0588. The van der Waals surface area contributed by atoms with E-state index in [1.54, 1.807) is 47.6 Å². The number of pyridine rings is 1. The van der Waals surface area contributed by atoms with Crippen molar-refractivity contribution in [2.24, 2.45) is 0 Å². The van der Waals surface area contributed by atoms with Gasteiger partial charge in [0.05, 0.1) is 6.42 Å². The van der Waals surface area contributed by atoms with Crippen LogP contribution in [0.15, 0.2) is 67.0 Å². The van der Waals surface area contributed by atoms with Crippen molar-refractivity contribution in [3.05, 3.63) is 95.3 Å². The third-order valence-electron chi connectivity index (χ3n) is 6.57. The molecule has 4 amide bonds. The molecule has 0 N–H and O–H groups in total. The minimum atomic E-state index is -1.46. The van der Waals surface area contributed by atoms with Gasteiger partial charge in [0.15, 0.2) is 11.6 Å². The van der Waals surface area contributed by atoms with Gasteiger partial charge in [-0.05, 0) is 42.8 Å². The average molecular weight is 501 g/mol. The molecule has 0 spiro atoms. The van der Waals surface area contributed by atoms with E-state index in [-0.39, 0.29) is 25.2 Å². The number of urea groups is 1. The molecule has 3 heterocycles. The Kier molecular flexibility index (Phi) is 6.17. The average Bonchev–Trinajstić information content (AvgIpc) is 2.88. The fourth-order valence-electron chi connectivity index (χ4n) is 4.70. The van der Waals surface area contributed by atoms with Gasteiger partial charge in [0.25, 0.3) is 0 Å². The van der Waals surface area contributed by atoms with Gasteiger partial charge in [0, 0.05) is 43.2 Å². The van der Waals surface area contributed by atoms with Crippen molar-refractivity contribution in [1.29, 1.82) is 0 Å². The third-order valence-corrected chi connectivity index (χ3v) is 6.57. The van der Waals surface area contributed by atoms with Gasteiger partial charge in [-0.15, -0.1) is 0 Å². The summed E-state index contributed by atoms with van der Waals surface area (Å²) < 4.78 is 30.2. The number of nitrogens with zero attached hydrogens (tertiary/aromatic N) is 4. The number of anilines is 1. The zero-order valence-electron chi connectivity index (χ0n) is 19.9. The molecule has 0 bridgehead atoms. The normalized spacial score (nSPS) is 19.4. The smallest absolute Gasteiger partial charge is 0.332 e. The van der Waals surface area contributed by atoms with Crippen LogP contribution in [0.5, 0.6) is 0 Å². The van der Waals surface area contributed by atoms with Crippen molar-refractivity contribution in [1.82, 2.24) is 14.8 Å².